The minimum atomic E-state index is 1.16. The third kappa shape index (κ3) is 3.68. The van der Waals surface area contributed by atoms with Crippen molar-refractivity contribution in [3.8, 4) is 44.8 Å². The van der Waals surface area contributed by atoms with Gasteiger partial charge in [0.25, 0.3) is 0 Å². The summed E-state index contributed by atoms with van der Waals surface area (Å²) in [6.07, 6.45) is 0. The second kappa shape index (κ2) is 10.3. The van der Waals surface area contributed by atoms with Gasteiger partial charge in [-0.2, -0.15) is 0 Å². The molecule has 0 fully saturated rings. The molecule has 0 saturated carbocycles. The van der Waals surface area contributed by atoms with Crippen molar-refractivity contribution in [3.05, 3.63) is 182 Å². The van der Waals surface area contributed by atoms with Gasteiger partial charge in [0.2, 0.25) is 0 Å². The van der Waals surface area contributed by atoms with Crippen LogP contribution in [0.2, 0.25) is 0 Å². The van der Waals surface area contributed by atoms with Crippen LogP contribution in [0.1, 0.15) is 0 Å². The van der Waals surface area contributed by atoms with E-state index in [1.807, 2.05) is 0 Å². The standard InChI is InChI=1S/C50H30N2/c1-2-11-31(12-3-1)34-16-8-17-35(29-34)52-45-27-23-32-13-4-5-18-37(32)48(45)42-26-28-46-49(50(42)52)41-19-6-7-22-44(41)51(46)36-24-25-38-39-20-9-14-33-15-10-21-40(47(33)39)43(38)30-36/h1-30H. The van der Waals surface area contributed by atoms with Crippen molar-refractivity contribution in [2.45, 2.75) is 0 Å². The van der Waals surface area contributed by atoms with E-state index in [0.29, 0.717) is 0 Å². The van der Waals surface area contributed by atoms with Gasteiger partial charge in [0.1, 0.15) is 0 Å². The van der Waals surface area contributed by atoms with Crippen molar-refractivity contribution >= 4 is 65.2 Å². The quantitative estimate of drug-likeness (QED) is 0.179. The number of rotatable bonds is 3. The van der Waals surface area contributed by atoms with Crippen LogP contribution in [-0.2, 0) is 0 Å². The van der Waals surface area contributed by atoms with Crippen LogP contribution < -0.4 is 0 Å². The van der Waals surface area contributed by atoms with Crippen LogP contribution in [0, 0.1) is 0 Å². The molecule has 2 heteroatoms. The second-order valence-electron chi connectivity index (χ2n) is 14.1. The maximum absolute atomic E-state index is 2.52. The van der Waals surface area contributed by atoms with Crippen LogP contribution in [0.4, 0.5) is 0 Å². The van der Waals surface area contributed by atoms with E-state index in [4.69, 9.17) is 0 Å². The highest BCUT2D eigenvalue weighted by Gasteiger charge is 2.25. The van der Waals surface area contributed by atoms with E-state index in [9.17, 15) is 0 Å². The van der Waals surface area contributed by atoms with E-state index >= 15 is 0 Å². The molecule has 0 aliphatic heterocycles. The minimum Gasteiger partial charge on any atom is -0.309 e. The van der Waals surface area contributed by atoms with Gasteiger partial charge >= 0.3 is 0 Å². The average molecular weight is 659 g/mol. The molecule has 1 aliphatic rings. The monoisotopic (exact) mass is 658 g/mol. The van der Waals surface area contributed by atoms with Gasteiger partial charge in [0.15, 0.2) is 0 Å². The number of fused-ring (bicyclic) bond motifs is 12. The van der Waals surface area contributed by atoms with Gasteiger partial charge in [0.05, 0.1) is 22.1 Å². The summed E-state index contributed by atoms with van der Waals surface area (Å²) >= 11 is 0. The zero-order valence-corrected chi connectivity index (χ0v) is 28.2. The fraction of sp³-hybridized carbons (Fsp3) is 0. The first kappa shape index (κ1) is 27.9. The molecular formula is C50H30N2. The van der Waals surface area contributed by atoms with E-state index in [0.717, 1.165) is 5.69 Å². The zero-order valence-electron chi connectivity index (χ0n) is 28.2. The summed E-state index contributed by atoms with van der Waals surface area (Å²) in [4.78, 5) is 0. The lowest BCUT2D eigenvalue weighted by molar-refractivity contribution is 1.18. The Kier molecular flexibility index (Phi) is 5.53. The highest BCUT2D eigenvalue weighted by molar-refractivity contribution is 6.30. The van der Waals surface area contributed by atoms with Crippen LogP contribution >= 0.6 is 0 Å². The van der Waals surface area contributed by atoms with Crippen LogP contribution in [0.5, 0.6) is 0 Å². The van der Waals surface area contributed by atoms with Crippen molar-refractivity contribution in [1.29, 1.82) is 0 Å². The Hall–Kier alpha value is -6.90. The van der Waals surface area contributed by atoms with Crippen molar-refractivity contribution in [2.24, 2.45) is 0 Å². The number of benzene rings is 9. The Labute approximate surface area is 300 Å². The van der Waals surface area contributed by atoms with Crippen LogP contribution in [0.25, 0.3) is 110 Å². The number of nitrogens with zero attached hydrogens (tertiary/aromatic N) is 2. The maximum Gasteiger partial charge on any atom is 0.0641 e. The van der Waals surface area contributed by atoms with Gasteiger partial charge in [-0.15, -0.1) is 0 Å². The van der Waals surface area contributed by atoms with E-state index in [-0.39, 0.29) is 0 Å². The van der Waals surface area contributed by atoms with E-state index in [1.54, 1.807) is 0 Å². The molecule has 11 aromatic rings. The third-order valence-corrected chi connectivity index (χ3v) is 11.4. The Bertz CT molecular complexity index is 3280. The Morgan fingerprint density at radius 3 is 1.85 bits per heavy atom. The Morgan fingerprint density at radius 1 is 0.288 bits per heavy atom. The van der Waals surface area contributed by atoms with Gasteiger partial charge in [0, 0.05) is 32.9 Å². The summed E-state index contributed by atoms with van der Waals surface area (Å²) in [5.41, 5.74) is 14.9. The molecule has 2 nitrogen and oxygen atoms in total. The smallest absolute Gasteiger partial charge is 0.0641 e. The first-order chi connectivity index (χ1) is 25.8. The predicted octanol–water partition coefficient (Wildman–Crippen LogP) is 13.5. The van der Waals surface area contributed by atoms with Gasteiger partial charge in [-0.1, -0.05) is 140 Å². The Morgan fingerprint density at radius 2 is 0.962 bits per heavy atom. The molecule has 0 atom stereocenters. The highest BCUT2D eigenvalue weighted by atomic mass is 15.0. The molecule has 0 saturated heterocycles. The molecular weight excluding hydrogens is 629 g/mol. The average Bonchev–Trinajstić information content (AvgIpc) is 3.85. The SMILES string of the molecule is c1ccc(-c2cccc(-n3c4ccc5ccccc5c4c4ccc5c(c6ccccc6n5-c5ccc6c(c5)-c5cccc7cccc-6c57)c43)c2)cc1. The molecule has 0 unspecified atom stereocenters. The summed E-state index contributed by atoms with van der Waals surface area (Å²) in [6, 6.07) is 67.2. The summed E-state index contributed by atoms with van der Waals surface area (Å²) < 4.78 is 5.00. The first-order valence-electron chi connectivity index (χ1n) is 18.0. The predicted molar refractivity (Wildman–Crippen MR) is 220 cm³/mol. The molecule has 0 N–H and O–H groups in total. The van der Waals surface area contributed by atoms with Crippen LogP contribution in [0.3, 0.4) is 0 Å². The summed E-state index contributed by atoms with van der Waals surface area (Å²) in [7, 11) is 0. The van der Waals surface area contributed by atoms with Crippen LogP contribution in [-0.4, -0.2) is 9.13 Å². The highest BCUT2D eigenvalue weighted by Crippen LogP contribution is 2.49. The Balaban J connectivity index is 1.21. The molecule has 1 aliphatic carbocycles. The van der Waals surface area contributed by atoms with Gasteiger partial charge < -0.3 is 9.13 Å². The molecule has 240 valence electrons. The molecule has 12 rings (SSSR count). The first-order valence-corrected chi connectivity index (χ1v) is 18.0. The van der Waals surface area contributed by atoms with E-state index in [2.05, 4.69) is 191 Å². The number of hydrogen-bond donors (Lipinski definition) is 0. The molecule has 0 spiro atoms. The van der Waals surface area contributed by atoms with Crippen molar-refractivity contribution in [1.82, 2.24) is 9.13 Å². The van der Waals surface area contributed by atoms with Crippen molar-refractivity contribution in [3.63, 3.8) is 0 Å². The molecule has 52 heavy (non-hydrogen) atoms. The van der Waals surface area contributed by atoms with E-state index in [1.165, 1.54) is 104 Å². The van der Waals surface area contributed by atoms with Gasteiger partial charge in [-0.3, -0.25) is 0 Å². The van der Waals surface area contributed by atoms with Crippen molar-refractivity contribution < 1.29 is 0 Å². The number of para-hydroxylation sites is 1. The molecule has 2 aromatic heterocycles. The fourth-order valence-electron chi connectivity index (χ4n) is 9.25. The normalized spacial score (nSPS) is 12.2. The summed E-state index contributed by atoms with van der Waals surface area (Å²) in [5, 5.41) is 10.3. The minimum absolute atomic E-state index is 1.16. The number of hydrogen-bond acceptors (Lipinski definition) is 0. The summed E-state index contributed by atoms with van der Waals surface area (Å²) in [5.74, 6) is 0. The molecule has 0 bridgehead atoms. The van der Waals surface area contributed by atoms with Crippen LogP contribution in [0.15, 0.2) is 182 Å². The number of aromatic nitrogens is 2. The maximum atomic E-state index is 2.52. The largest absolute Gasteiger partial charge is 0.309 e. The molecule has 2 heterocycles. The third-order valence-electron chi connectivity index (χ3n) is 11.4. The van der Waals surface area contributed by atoms with Gasteiger partial charge in [-0.25, -0.2) is 0 Å². The molecule has 0 amide bonds. The zero-order chi connectivity index (χ0) is 33.9. The lowest BCUT2D eigenvalue weighted by Crippen LogP contribution is -1.96. The molecule has 0 radical (unpaired) electrons. The van der Waals surface area contributed by atoms with E-state index < -0.39 is 0 Å². The fourth-order valence-corrected chi connectivity index (χ4v) is 9.25. The van der Waals surface area contributed by atoms with Gasteiger partial charge in [-0.05, 0) is 97.4 Å². The lowest BCUT2D eigenvalue weighted by atomic mass is 10.0. The lowest BCUT2D eigenvalue weighted by Gasteiger charge is -2.12. The molecule has 9 aromatic carbocycles. The summed E-state index contributed by atoms with van der Waals surface area (Å²) in [6.45, 7) is 0. The van der Waals surface area contributed by atoms with Crippen molar-refractivity contribution in [2.75, 3.05) is 0 Å². The second-order valence-corrected chi connectivity index (χ2v) is 14.1. The topological polar surface area (TPSA) is 9.86 Å².